The first-order chi connectivity index (χ1) is 8.87. The van der Waals surface area contributed by atoms with E-state index in [1.54, 1.807) is 24.3 Å². The monoisotopic (exact) mass is 346 g/mol. The van der Waals surface area contributed by atoms with Crippen molar-refractivity contribution < 1.29 is 8.42 Å². The number of rotatable bonds is 5. The van der Waals surface area contributed by atoms with Gasteiger partial charge < -0.3 is 4.90 Å². The minimum atomic E-state index is -3.46. The van der Waals surface area contributed by atoms with Crippen LogP contribution in [0.1, 0.15) is 19.3 Å². The van der Waals surface area contributed by atoms with E-state index >= 15 is 0 Å². The Morgan fingerprint density at radius 3 is 2.42 bits per heavy atom. The summed E-state index contributed by atoms with van der Waals surface area (Å²) in [6, 6.07) is 6.87. The molecule has 0 radical (unpaired) electrons. The van der Waals surface area contributed by atoms with Crippen molar-refractivity contribution in [2.75, 3.05) is 20.6 Å². The Bertz CT molecular complexity index is 554. The summed E-state index contributed by atoms with van der Waals surface area (Å²) < 4.78 is 27.9. The van der Waals surface area contributed by atoms with E-state index < -0.39 is 10.0 Å². The molecule has 1 aromatic carbocycles. The lowest BCUT2D eigenvalue weighted by Crippen LogP contribution is -2.57. The van der Waals surface area contributed by atoms with Gasteiger partial charge in [-0.3, -0.25) is 0 Å². The van der Waals surface area contributed by atoms with Crippen LogP contribution in [0.5, 0.6) is 0 Å². The highest BCUT2D eigenvalue weighted by Crippen LogP contribution is 2.35. The van der Waals surface area contributed by atoms with Crippen LogP contribution in [0.3, 0.4) is 0 Å². The molecular weight excluding hydrogens is 328 g/mol. The summed E-state index contributed by atoms with van der Waals surface area (Å²) >= 11 is 3.28. The lowest BCUT2D eigenvalue weighted by molar-refractivity contribution is 0.0657. The lowest BCUT2D eigenvalue weighted by Gasteiger charge is -2.47. The van der Waals surface area contributed by atoms with Crippen molar-refractivity contribution in [3.05, 3.63) is 28.7 Å². The lowest BCUT2D eigenvalue weighted by atomic mass is 9.76. The van der Waals surface area contributed by atoms with Gasteiger partial charge in [-0.1, -0.05) is 12.1 Å². The second-order valence-electron chi connectivity index (χ2n) is 5.23. The topological polar surface area (TPSA) is 49.4 Å². The molecule has 4 nitrogen and oxygen atoms in total. The fourth-order valence-corrected chi connectivity index (χ4v) is 4.46. The average molecular weight is 347 g/mol. The maximum atomic E-state index is 12.3. The van der Waals surface area contributed by atoms with Crippen molar-refractivity contribution in [2.45, 2.75) is 29.7 Å². The van der Waals surface area contributed by atoms with Gasteiger partial charge in [0.05, 0.1) is 4.90 Å². The van der Waals surface area contributed by atoms with Crippen molar-refractivity contribution in [1.29, 1.82) is 0 Å². The fourth-order valence-electron chi connectivity index (χ4n) is 2.34. The van der Waals surface area contributed by atoms with Crippen LogP contribution in [0.15, 0.2) is 33.6 Å². The first-order valence-electron chi connectivity index (χ1n) is 6.29. The number of likely N-dealkylation sites (N-methyl/N-ethyl adjacent to an activating group) is 1. The molecule has 1 N–H and O–H groups in total. The van der Waals surface area contributed by atoms with Crippen LogP contribution in [-0.4, -0.2) is 39.5 Å². The molecule has 1 fully saturated rings. The molecule has 2 rings (SSSR count). The van der Waals surface area contributed by atoms with E-state index in [-0.39, 0.29) is 5.54 Å². The summed E-state index contributed by atoms with van der Waals surface area (Å²) in [7, 11) is 0.554. The van der Waals surface area contributed by atoms with Crippen molar-refractivity contribution in [1.82, 2.24) is 9.62 Å². The quantitative estimate of drug-likeness (QED) is 0.889. The van der Waals surface area contributed by atoms with Gasteiger partial charge in [-0.05, 0) is 61.4 Å². The van der Waals surface area contributed by atoms with Gasteiger partial charge in [-0.2, -0.15) is 0 Å². The van der Waals surface area contributed by atoms with Crippen molar-refractivity contribution in [2.24, 2.45) is 0 Å². The molecule has 0 atom stereocenters. The number of hydrogen-bond donors (Lipinski definition) is 1. The highest BCUT2D eigenvalue weighted by atomic mass is 79.9. The molecule has 1 aliphatic rings. The highest BCUT2D eigenvalue weighted by Gasteiger charge is 2.39. The fraction of sp³-hybridized carbons (Fsp3) is 0.538. The van der Waals surface area contributed by atoms with Crippen LogP contribution in [0.4, 0.5) is 0 Å². The molecule has 0 heterocycles. The van der Waals surface area contributed by atoms with Crippen LogP contribution >= 0.6 is 15.9 Å². The summed E-state index contributed by atoms with van der Waals surface area (Å²) in [5.41, 5.74) is -0.0195. The first-order valence-corrected chi connectivity index (χ1v) is 8.57. The second-order valence-corrected chi connectivity index (χ2v) is 7.82. The Morgan fingerprint density at radius 1 is 1.32 bits per heavy atom. The second kappa shape index (κ2) is 5.52. The molecular formula is C13H19BrN2O2S. The van der Waals surface area contributed by atoms with E-state index in [4.69, 9.17) is 0 Å². The highest BCUT2D eigenvalue weighted by molar-refractivity contribution is 9.10. The molecule has 0 aromatic heterocycles. The zero-order chi connectivity index (χ0) is 14.1. The van der Waals surface area contributed by atoms with E-state index in [0.717, 1.165) is 19.3 Å². The van der Waals surface area contributed by atoms with Crippen LogP contribution in [0, 0.1) is 0 Å². The van der Waals surface area contributed by atoms with Gasteiger partial charge in [0.25, 0.3) is 0 Å². The molecule has 0 aliphatic heterocycles. The van der Waals surface area contributed by atoms with E-state index in [1.807, 2.05) is 14.1 Å². The molecule has 1 saturated carbocycles. The van der Waals surface area contributed by atoms with Gasteiger partial charge in [0.2, 0.25) is 10.0 Å². The Labute approximate surface area is 123 Å². The number of benzene rings is 1. The molecule has 0 unspecified atom stereocenters. The molecule has 106 valence electrons. The zero-order valence-corrected chi connectivity index (χ0v) is 13.6. The summed E-state index contributed by atoms with van der Waals surface area (Å²) in [5.74, 6) is 0. The zero-order valence-electron chi connectivity index (χ0n) is 11.2. The smallest absolute Gasteiger partial charge is 0.241 e. The molecule has 0 saturated heterocycles. The van der Waals surface area contributed by atoms with Crippen LogP contribution in [-0.2, 0) is 10.0 Å². The first kappa shape index (κ1) is 15.0. The van der Waals surface area contributed by atoms with Crippen LogP contribution < -0.4 is 4.72 Å². The summed E-state index contributed by atoms with van der Waals surface area (Å²) in [5, 5.41) is 0. The summed E-state index contributed by atoms with van der Waals surface area (Å²) in [6.07, 6.45) is 3.24. The normalized spacial score (nSPS) is 18.3. The standard InChI is InChI=1S/C13H19BrN2O2S/c1-16(2)13(8-5-9-13)10-15-19(17,18)12-7-4-3-6-11(12)14/h3-4,6-7,15H,5,8-10H2,1-2H3. The minimum absolute atomic E-state index is 0.0195. The molecule has 6 heteroatoms. The Hall–Kier alpha value is -0.430. The van der Waals surface area contributed by atoms with Crippen LogP contribution in [0.25, 0.3) is 0 Å². The maximum absolute atomic E-state index is 12.3. The number of hydrogen-bond acceptors (Lipinski definition) is 3. The van der Waals surface area contributed by atoms with Crippen molar-refractivity contribution in [3.8, 4) is 0 Å². The largest absolute Gasteiger partial charge is 0.302 e. The maximum Gasteiger partial charge on any atom is 0.241 e. The van der Waals surface area contributed by atoms with E-state index in [9.17, 15) is 8.42 Å². The third-order valence-electron chi connectivity index (χ3n) is 3.95. The van der Waals surface area contributed by atoms with Crippen molar-refractivity contribution >= 4 is 26.0 Å². The van der Waals surface area contributed by atoms with E-state index in [0.29, 0.717) is 15.9 Å². The average Bonchev–Trinajstić information content (AvgIpc) is 2.27. The number of halogens is 1. The van der Waals surface area contributed by atoms with Gasteiger partial charge in [-0.25, -0.2) is 13.1 Å². The Balaban J connectivity index is 2.13. The molecule has 0 spiro atoms. The molecule has 1 aromatic rings. The van der Waals surface area contributed by atoms with E-state index in [2.05, 4.69) is 25.6 Å². The number of nitrogens with zero attached hydrogens (tertiary/aromatic N) is 1. The molecule has 1 aliphatic carbocycles. The SMILES string of the molecule is CN(C)C1(CNS(=O)(=O)c2ccccc2Br)CCC1. The number of sulfonamides is 1. The summed E-state index contributed by atoms with van der Waals surface area (Å²) in [4.78, 5) is 2.42. The van der Waals surface area contributed by atoms with Crippen LogP contribution in [0.2, 0.25) is 0 Å². The van der Waals surface area contributed by atoms with Gasteiger partial charge in [0, 0.05) is 16.6 Å². The predicted molar refractivity (Wildman–Crippen MR) is 79.6 cm³/mol. The Kier molecular flexibility index (Phi) is 4.35. The molecule has 0 bridgehead atoms. The molecule has 19 heavy (non-hydrogen) atoms. The van der Waals surface area contributed by atoms with Gasteiger partial charge in [-0.15, -0.1) is 0 Å². The third kappa shape index (κ3) is 3.02. The molecule has 0 amide bonds. The predicted octanol–water partition coefficient (Wildman–Crippen LogP) is 2.21. The summed E-state index contributed by atoms with van der Waals surface area (Å²) in [6.45, 7) is 0.462. The van der Waals surface area contributed by atoms with Gasteiger partial charge in [0.1, 0.15) is 0 Å². The van der Waals surface area contributed by atoms with Gasteiger partial charge >= 0.3 is 0 Å². The minimum Gasteiger partial charge on any atom is -0.302 e. The Morgan fingerprint density at radius 2 is 1.95 bits per heavy atom. The number of nitrogens with one attached hydrogen (secondary N) is 1. The van der Waals surface area contributed by atoms with Gasteiger partial charge in [0.15, 0.2) is 0 Å². The van der Waals surface area contributed by atoms with E-state index in [1.165, 1.54) is 0 Å². The van der Waals surface area contributed by atoms with Crippen molar-refractivity contribution in [3.63, 3.8) is 0 Å². The third-order valence-corrected chi connectivity index (χ3v) is 6.36.